The molecule has 178 valence electrons. The minimum absolute atomic E-state index is 0. The topological polar surface area (TPSA) is 93.4 Å². The van der Waals surface area contributed by atoms with Crippen molar-refractivity contribution < 1.29 is 14.3 Å². The van der Waals surface area contributed by atoms with E-state index in [0.717, 1.165) is 17.7 Å². The van der Waals surface area contributed by atoms with Gasteiger partial charge in [0.1, 0.15) is 11.8 Å². The summed E-state index contributed by atoms with van der Waals surface area (Å²) in [6.45, 7) is 0.681. The maximum Gasteiger partial charge on any atom is 0.251 e. The van der Waals surface area contributed by atoms with Crippen LogP contribution in [-0.2, 0) is 11.3 Å². The van der Waals surface area contributed by atoms with Gasteiger partial charge in [0.15, 0.2) is 0 Å². The van der Waals surface area contributed by atoms with Crippen molar-refractivity contribution in [2.75, 3.05) is 6.61 Å². The zero-order valence-corrected chi connectivity index (χ0v) is 19.7. The van der Waals surface area contributed by atoms with Crippen LogP contribution in [0.15, 0.2) is 84.9 Å². The summed E-state index contributed by atoms with van der Waals surface area (Å²) in [6.07, 6.45) is 1.34. The molecule has 0 aliphatic heterocycles. The van der Waals surface area contributed by atoms with Gasteiger partial charge in [-0.05, 0) is 41.8 Å². The van der Waals surface area contributed by atoms with E-state index in [1.54, 1.807) is 24.3 Å². The summed E-state index contributed by atoms with van der Waals surface area (Å²) in [5.74, 6) is 0.601. The summed E-state index contributed by atoms with van der Waals surface area (Å²) in [5.41, 5.74) is 8.63. The Hall–Kier alpha value is -3.35. The van der Waals surface area contributed by atoms with Crippen LogP contribution >= 0.6 is 12.4 Å². The third-order valence-corrected chi connectivity index (χ3v) is 5.77. The number of benzene rings is 3. The molecule has 3 aromatic rings. The SMILES string of the molecule is Cl.NC1CC1c1cccc(OCCC(NC(=O)c2ccccc2)C(=O)NCc2ccccc2)c1. The average molecular weight is 480 g/mol. The molecule has 7 heteroatoms. The molecular weight excluding hydrogens is 450 g/mol. The molecule has 6 nitrogen and oxygen atoms in total. The second kappa shape index (κ2) is 12.2. The Balaban J connectivity index is 0.00000324. The lowest BCUT2D eigenvalue weighted by atomic mass is 10.1. The molecule has 0 spiro atoms. The lowest BCUT2D eigenvalue weighted by molar-refractivity contribution is -0.123. The number of nitrogens with two attached hydrogens (primary N) is 1. The molecule has 0 aromatic heterocycles. The van der Waals surface area contributed by atoms with E-state index in [1.807, 2.05) is 54.6 Å². The first kappa shape index (κ1) is 25.3. The maximum atomic E-state index is 12.9. The molecule has 4 rings (SSSR count). The smallest absolute Gasteiger partial charge is 0.251 e. The second-order valence-corrected chi connectivity index (χ2v) is 8.31. The van der Waals surface area contributed by atoms with Gasteiger partial charge in [0.05, 0.1) is 6.61 Å². The molecule has 0 saturated heterocycles. The maximum absolute atomic E-state index is 12.9. The van der Waals surface area contributed by atoms with Gasteiger partial charge in [0, 0.05) is 30.5 Å². The number of hydrogen-bond acceptors (Lipinski definition) is 4. The summed E-state index contributed by atoms with van der Waals surface area (Å²) in [5, 5.41) is 5.77. The Morgan fingerprint density at radius 3 is 2.32 bits per heavy atom. The number of nitrogens with one attached hydrogen (secondary N) is 2. The molecule has 34 heavy (non-hydrogen) atoms. The van der Waals surface area contributed by atoms with Crippen LogP contribution in [0.2, 0.25) is 0 Å². The van der Waals surface area contributed by atoms with E-state index in [9.17, 15) is 9.59 Å². The first-order valence-electron chi connectivity index (χ1n) is 11.3. The normalized spacial score (nSPS) is 17.1. The molecule has 4 N–H and O–H groups in total. The van der Waals surface area contributed by atoms with Crippen LogP contribution < -0.4 is 21.1 Å². The minimum Gasteiger partial charge on any atom is -0.493 e. The van der Waals surface area contributed by atoms with Gasteiger partial charge < -0.3 is 21.1 Å². The van der Waals surface area contributed by atoms with E-state index >= 15 is 0 Å². The molecule has 1 fully saturated rings. The summed E-state index contributed by atoms with van der Waals surface area (Å²) in [6, 6.07) is 26.0. The van der Waals surface area contributed by atoms with Crippen LogP contribution in [0.3, 0.4) is 0 Å². The average Bonchev–Trinajstić information content (AvgIpc) is 3.59. The quantitative estimate of drug-likeness (QED) is 0.412. The highest BCUT2D eigenvalue weighted by atomic mass is 35.5. The Labute approximate surface area is 206 Å². The Kier molecular flexibility index (Phi) is 9.08. The molecule has 3 aromatic carbocycles. The van der Waals surface area contributed by atoms with Crippen LogP contribution in [0.25, 0.3) is 0 Å². The number of rotatable bonds is 10. The van der Waals surface area contributed by atoms with E-state index in [1.165, 1.54) is 5.56 Å². The van der Waals surface area contributed by atoms with Crippen molar-refractivity contribution in [2.45, 2.75) is 37.4 Å². The van der Waals surface area contributed by atoms with E-state index in [0.29, 0.717) is 31.1 Å². The fourth-order valence-electron chi connectivity index (χ4n) is 3.74. The molecule has 3 unspecified atom stereocenters. The van der Waals surface area contributed by atoms with Crippen molar-refractivity contribution in [3.63, 3.8) is 0 Å². The molecular formula is C27H30ClN3O3. The molecule has 0 bridgehead atoms. The Morgan fingerprint density at radius 1 is 0.971 bits per heavy atom. The number of carbonyl (C=O) groups excluding carboxylic acids is 2. The first-order valence-corrected chi connectivity index (χ1v) is 11.3. The highest BCUT2D eigenvalue weighted by Gasteiger charge is 2.34. The first-order chi connectivity index (χ1) is 16.1. The Bertz CT molecular complexity index is 1080. The van der Waals surface area contributed by atoms with Gasteiger partial charge in [0.2, 0.25) is 5.91 Å². The van der Waals surface area contributed by atoms with Gasteiger partial charge in [-0.15, -0.1) is 12.4 Å². The standard InChI is InChI=1S/C27H29N3O3.ClH/c28-24-17-23(24)21-12-7-13-22(16-21)33-15-14-25(30-26(31)20-10-5-2-6-11-20)27(32)29-18-19-8-3-1-4-9-19;/h1-13,16,23-25H,14-15,17-18,28H2,(H,29,32)(H,30,31);1H. The number of amides is 2. The molecule has 0 radical (unpaired) electrons. The molecule has 0 heterocycles. The molecule has 1 aliphatic carbocycles. The van der Waals surface area contributed by atoms with Crippen LogP contribution in [0, 0.1) is 0 Å². The molecule has 1 saturated carbocycles. The van der Waals surface area contributed by atoms with Crippen LogP contribution in [0.1, 0.15) is 40.2 Å². The summed E-state index contributed by atoms with van der Waals surface area (Å²) < 4.78 is 5.92. The van der Waals surface area contributed by atoms with E-state index in [4.69, 9.17) is 10.5 Å². The van der Waals surface area contributed by atoms with Gasteiger partial charge in [-0.3, -0.25) is 9.59 Å². The van der Waals surface area contributed by atoms with Crippen molar-refractivity contribution in [3.8, 4) is 5.75 Å². The predicted molar refractivity (Wildman–Crippen MR) is 135 cm³/mol. The van der Waals surface area contributed by atoms with Gasteiger partial charge in [-0.25, -0.2) is 0 Å². The highest BCUT2D eigenvalue weighted by Crippen LogP contribution is 2.39. The fourth-order valence-corrected chi connectivity index (χ4v) is 3.74. The zero-order valence-electron chi connectivity index (χ0n) is 18.9. The summed E-state index contributed by atoms with van der Waals surface area (Å²) in [7, 11) is 0. The van der Waals surface area contributed by atoms with Crippen molar-refractivity contribution in [2.24, 2.45) is 5.73 Å². The third-order valence-electron chi connectivity index (χ3n) is 5.77. The molecule has 1 aliphatic rings. The number of ether oxygens (including phenoxy) is 1. The third kappa shape index (κ3) is 7.07. The molecule has 2 amide bonds. The van der Waals surface area contributed by atoms with E-state index in [-0.39, 0.29) is 30.3 Å². The van der Waals surface area contributed by atoms with Crippen LogP contribution in [-0.4, -0.2) is 30.5 Å². The van der Waals surface area contributed by atoms with E-state index < -0.39 is 6.04 Å². The van der Waals surface area contributed by atoms with Gasteiger partial charge in [0.25, 0.3) is 5.91 Å². The lowest BCUT2D eigenvalue weighted by Gasteiger charge is -2.19. The molecule has 3 atom stereocenters. The largest absolute Gasteiger partial charge is 0.493 e. The van der Waals surface area contributed by atoms with Crippen molar-refractivity contribution in [3.05, 3.63) is 102 Å². The monoisotopic (exact) mass is 479 g/mol. The van der Waals surface area contributed by atoms with Crippen molar-refractivity contribution >= 4 is 24.2 Å². The highest BCUT2D eigenvalue weighted by molar-refractivity contribution is 5.97. The van der Waals surface area contributed by atoms with Gasteiger partial charge in [-0.2, -0.15) is 0 Å². The summed E-state index contributed by atoms with van der Waals surface area (Å²) >= 11 is 0. The lowest BCUT2D eigenvalue weighted by Crippen LogP contribution is -2.47. The second-order valence-electron chi connectivity index (χ2n) is 8.31. The number of carbonyl (C=O) groups is 2. The van der Waals surface area contributed by atoms with Crippen LogP contribution in [0.4, 0.5) is 0 Å². The van der Waals surface area contributed by atoms with E-state index in [2.05, 4.69) is 16.7 Å². The fraction of sp³-hybridized carbons (Fsp3) is 0.259. The zero-order chi connectivity index (χ0) is 23.0. The predicted octanol–water partition coefficient (Wildman–Crippen LogP) is 3.81. The number of hydrogen-bond donors (Lipinski definition) is 3. The van der Waals surface area contributed by atoms with Gasteiger partial charge in [-0.1, -0.05) is 60.7 Å². The van der Waals surface area contributed by atoms with Crippen molar-refractivity contribution in [1.82, 2.24) is 10.6 Å². The Morgan fingerprint density at radius 2 is 1.65 bits per heavy atom. The summed E-state index contributed by atoms with van der Waals surface area (Å²) in [4.78, 5) is 25.6. The number of halogens is 1. The van der Waals surface area contributed by atoms with Gasteiger partial charge >= 0.3 is 0 Å². The minimum atomic E-state index is -0.721. The van der Waals surface area contributed by atoms with Crippen LogP contribution in [0.5, 0.6) is 5.75 Å². The van der Waals surface area contributed by atoms with Crippen molar-refractivity contribution in [1.29, 1.82) is 0 Å².